The molecule has 174 valence electrons. The third-order valence-electron chi connectivity index (χ3n) is 5.18. The van der Waals surface area contributed by atoms with Crippen molar-refractivity contribution < 1.29 is 22.7 Å². The monoisotopic (exact) mass is 452 g/mol. The lowest BCUT2D eigenvalue weighted by molar-refractivity contribution is -0.123. The molecule has 1 aliphatic carbocycles. The first-order valence-electron chi connectivity index (χ1n) is 10.4. The van der Waals surface area contributed by atoms with Gasteiger partial charge in [0.1, 0.15) is 24.8 Å². The number of amides is 1. The van der Waals surface area contributed by atoms with Crippen LogP contribution in [0, 0.1) is 6.92 Å². The first-order valence-corrected chi connectivity index (χ1v) is 10.4. The second kappa shape index (κ2) is 10.1. The first kappa shape index (κ1) is 23.7. The first-order chi connectivity index (χ1) is 15.2. The Hall–Kier alpha value is -2.95. The number of benzene rings is 1. The number of hydrogen-bond donors (Lipinski definition) is 3. The van der Waals surface area contributed by atoms with Gasteiger partial charge >= 0.3 is 6.18 Å². The molecule has 1 heterocycles. The summed E-state index contributed by atoms with van der Waals surface area (Å²) < 4.78 is 42.6. The van der Waals surface area contributed by atoms with Crippen LogP contribution >= 0.6 is 0 Å². The normalized spacial score (nSPS) is 19.7. The van der Waals surface area contributed by atoms with Crippen molar-refractivity contribution in [1.82, 2.24) is 15.3 Å². The Morgan fingerprint density at radius 2 is 2.03 bits per heavy atom. The number of nitrogens with zero attached hydrogens (tertiary/aromatic N) is 3. The number of carbonyl (C=O) groups is 1. The zero-order valence-corrected chi connectivity index (χ0v) is 18.0. The van der Waals surface area contributed by atoms with Gasteiger partial charge in [-0.1, -0.05) is 24.5 Å². The van der Waals surface area contributed by atoms with E-state index in [2.05, 4.69) is 20.3 Å². The van der Waals surface area contributed by atoms with Crippen LogP contribution < -0.4 is 16.4 Å². The quantitative estimate of drug-likeness (QED) is 0.440. The van der Waals surface area contributed by atoms with Gasteiger partial charge in [0.15, 0.2) is 0 Å². The predicted molar refractivity (Wildman–Crippen MR) is 116 cm³/mol. The molecule has 1 fully saturated rings. The molecule has 0 spiro atoms. The largest absolute Gasteiger partial charge is 0.405 e. The van der Waals surface area contributed by atoms with Crippen LogP contribution in [-0.2, 0) is 4.74 Å². The number of aliphatic imine (C=N–C) groups is 1. The minimum atomic E-state index is -4.53. The Morgan fingerprint density at radius 1 is 1.28 bits per heavy atom. The van der Waals surface area contributed by atoms with Gasteiger partial charge in [-0.2, -0.15) is 13.2 Å². The van der Waals surface area contributed by atoms with E-state index in [-0.39, 0.29) is 24.5 Å². The van der Waals surface area contributed by atoms with E-state index in [0.29, 0.717) is 22.6 Å². The molecule has 1 aromatic heterocycles. The molecule has 0 saturated heterocycles. The Bertz CT molecular complexity index is 995. The highest BCUT2D eigenvalue weighted by molar-refractivity contribution is 5.96. The van der Waals surface area contributed by atoms with E-state index in [1.54, 1.807) is 13.2 Å². The summed E-state index contributed by atoms with van der Waals surface area (Å²) in [6, 6.07) is 5.18. The van der Waals surface area contributed by atoms with E-state index >= 15 is 0 Å². The number of nitrogens with two attached hydrogens (primary N) is 1. The summed E-state index contributed by atoms with van der Waals surface area (Å²) in [5.74, 6) is -0.548. The highest BCUT2D eigenvalue weighted by Crippen LogP contribution is 2.28. The van der Waals surface area contributed by atoms with Crippen LogP contribution in [0.1, 0.15) is 41.9 Å². The average molecular weight is 452 g/mol. The van der Waals surface area contributed by atoms with Crippen LogP contribution in [0.2, 0.25) is 0 Å². The third kappa shape index (κ3) is 6.28. The van der Waals surface area contributed by atoms with Gasteiger partial charge in [0, 0.05) is 18.5 Å². The average Bonchev–Trinajstić information content (AvgIpc) is 2.73. The molecule has 2 atom stereocenters. The number of alkyl halides is 3. The maximum atomic E-state index is 12.5. The summed E-state index contributed by atoms with van der Waals surface area (Å²) in [5.41, 5.74) is 7.36. The van der Waals surface area contributed by atoms with Gasteiger partial charge in [-0.25, -0.2) is 9.97 Å². The number of anilines is 1. The van der Waals surface area contributed by atoms with E-state index in [0.717, 1.165) is 31.2 Å². The van der Waals surface area contributed by atoms with Gasteiger partial charge in [-0.15, -0.1) is 0 Å². The van der Waals surface area contributed by atoms with Crippen LogP contribution in [0.25, 0.3) is 10.9 Å². The molecule has 0 bridgehead atoms. The highest BCUT2D eigenvalue weighted by Gasteiger charge is 2.29. The summed E-state index contributed by atoms with van der Waals surface area (Å²) in [6.45, 7) is 0.677. The van der Waals surface area contributed by atoms with E-state index in [4.69, 9.17) is 10.5 Å². The van der Waals surface area contributed by atoms with Crippen molar-refractivity contribution in [2.45, 2.75) is 50.9 Å². The van der Waals surface area contributed by atoms with E-state index in [9.17, 15) is 18.0 Å². The molecule has 1 aromatic carbocycles. The number of nitrogens with one attached hydrogen (secondary N) is 2. The highest BCUT2D eigenvalue weighted by atomic mass is 19.4. The minimum absolute atomic E-state index is 0.108. The second-order valence-corrected chi connectivity index (χ2v) is 7.87. The lowest BCUT2D eigenvalue weighted by Crippen LogP contribution is -2.38. The molecule has 4 N–H and O–H groups in total. The fraction of sp³-hybridized carbons (Fsp3) is 0.524. The van der Waals surface area contributed by atoms with Crippen LogP contribution in [-0.4, -0.2) is 60.2 Å². The molecule has 32 heavy (non-hydrogen) atoms. The van der Waals surface area contributed by atoms with E-state index in [1.807, 2.05) is 24.4 Å². The molecular formula is C21H27F3N6O2. The number of aromatic nitrogens is 2. The minimum Gasteiger partial charge on any atom is -0.386 e. The summed E-state index contributed by atoms with van der Waals surface area (Å²) in [5, 5.41) is 5.86. The molecule has 0 aliphatic heterocycles. The van der Waals surface area contributed by atoms with Gasteiger partial charge in [0.25, 0.3) is 5.91 Å². The third-order valence-corrected chi connectivity index (χ3v) is 5.18. The number of fused-ring (bicyclic) bond motifs is 1. The van der Waals surface area contributed by atoms with Crippen molar-refractivity contribution in [3.05, 3.63) is 29.6 Å². The number of ether oxygens (including phenoxy) is 1. The number of amidine groups is 1. The van der Waals surface area contributed by atoms with Crippen molar-refractivity contribution in [3.63, 3.8) is 0 Å². The van der Waals surface area contributed by atoms with Crippen molar-refractivity contribution in [1.29, 1.82) is 0 Å². The van der Waals surface area contributed by atoms with Gasteiger partial charge < -0.3 is 21.1 Å². The van der Waals surface area contributed by atoms with E-state index < -0.39 is 18.6 Å². The Kier molecular flexibility index (Phi) is 7.49. The van der Waals surface area contributed by atoms with Crippen molar-refractivity contribution in [3.8, 4) is 0 Å². The molecule has 3 rings (SSSR count). The zero-order valence-electron chi connectivity index (χ0n) is 18.0. The predicted octanol–water partition coefficient (Wildman–Crippen LogP) is 2.96. The molecule has 11 heteroatoms. The molecule has 1 saturated carbocycles. The molecule has 2 aromatic rings. The van der Waals surface area contributed by atoms with Crippen molar-refractivity contribution >= 4 is 28.5 Å². The summed E-state index contributed by atoms with van der Waals surface area (Å²) >= 11 is 0. The molecular weight excluding hydrogens is 425 g/mol. The Balaban J connectivity index is 1.93. The van der Waals surface area contributed by atoms with Gasteiger partial charge in [-0.05, 0) is 31.9 Å². The topological polar surface area (TPSA) is 115 Å². The molecule has 0 radical (unpaired) electrons. The van der Waals surface area contributed by atoms with Crippen LogP contribution in [0.3, 0.4) is 0 Å². The maximum Gasteiger partial charge on any atom is 0.405 e. The number of carbonyl (C=O) groups excluding carboxylic acids is 1. The van der Waals surface area contributed by atoms with Gasteiger partial charge in [0.05, 0.1) is 11.6 Å². The number of halogens is 3. The van der Waals surface area contributed by atoms with Gasteiger partial charge in [0.2, 0.25) is 5.82 Å². The standard InChI is InChI=1S/C21H27F3N6O2/c1-12-7-8-14-13(9-12)18(30-19(28-14)20(31)26-11-21(22,23)24)29-16-6-4-3-5-15(16)27-17(25)10-32-2/h7-9,15-16H,3-6,10-11H2,1-2H3,(H2,25,27)(H,26,31)(H,28,29,30)/t15-,16+/m1/s1. The van der Waals surface area contributed by atoms with Gasteiger partial charge in [-0.3, -0.25) is 9.79 Å². The smallest absolute Gasteiger partial charge is 0.386 e. The van der Waals surface area contributed by atoms with Crippen molar-refractivity contribution in [2.75, 3.05) is 25.6 Å². The van der Waals surface area contributed by atoms with E-state index in [1.165, 1.54) is 0 Å². The summed E-state index contributed by atoms with van der Waals surface area (Å²) in [7, 11) is 1.54. The van der Waals surface area contributed by atoms with Crippen LogP contribution in [0.4, 0.5) is 19.0 Å². The molecule has 1 aliphatic rings. The number of aryl methyl sites for hydroxylation is 1. The second-order valence-electron chi connectivity index (χ2n) is 7.87. The number of methoxy groups -OCH3 is 1. The Labute approximate surface area is 183 Å². The summed E-state index contributed by atoms with van der Waals surface area (Å²) in [4.78, 5) is 25.3. The molecule has 0 unspecified atom stereocenters. The zero-order chi connectivity index (χ0) is 23.3. The van der Waals surface area contributed by atoms with Crippen molar-refractivity contribution in [2.24, 2.45) is 10.7 Å². The number of rotatable bonds is 7. The molecule has 1 amide bonds. The lowest BCUT2D eigenvalue weighted by atomic mass is 9.90. The fourth-order valence-electron chi connectivity index (χ4n) is 3.72. The SMILES string of the molecule is COCC(N)=N[C@@H]1CCCC[C@@H]1Nc1nc(C(=O)NCC(F)(F)F)nc2ccc(C)cc12. The van der Waals surface area contributed by atoms with Crippen LogP contribution in [0.5, 0.6) is 0 Å². The number of hydrogen-bond acceptors (Lipinski definition) is 6. The molecule has 8 nitrogen and oxygen atoms in total. The Morgan fingerprint density at radius 3 is 2.75 bits per heavy atom. The summed E-state index contributed by atoms with van der Waals surface area (Å²) in [6.07, 6.45) is -0.916. The fourth-order valence-corrected chi connectivity index (χ4v) is 3.72. The van der Waals surface area contributed by atoms with Crippen LogP contribution in [0.15, 0.2) is 23.2 Å². The maximum absolute atomic E-state index is 12.5. The lowest BCUT2D eigenvalue weighted by Gasteiger charge is -2.30.